The number of esters is 2. The zero-order valence-electron chi connectivity index (χ0n) is 12.1. The minimum Gasteiger partial charge on any atom is -0.468 e. The molecule has 1 rings (SSSR count). The van der Waals surface area contributed by atoms with Crippen molar-refractivity contribution in [1.82, 2.24) is 4.90 Å². The molecule has 0 radical (unpaired) electrons. The van der Waals surface area contributed by atoms with Crippen LogP contribution in [0.5, 0.6) is 0 Å². The average Bonchev–Trinajstić information content (AvgIpc) is 2.53. The van der Waals surface area contributed by atoms with E-state index in [4.69, 9.17) is 0 Å². The first-order valence-corrected chi connectivity index (χ1v) is 7.31. The first-order chi connectivity index (χ1) is 10.0. The Bertz CT molecular complexity index is 497. The normalized spacial score (nSPS) is 9.86. The molecule has 0 atom stereocenters. The van der Waals surface area contributed by atoms with Crippen LogP contribution in [0.4, 0.5) is 0 Å². The number of hydrogen-bond donors (Lipinski definition) is 0. The maximum Gasteiger partial charge on any atom is 0.325 e. The highest BCUT2D eigenvalue weighted by molar-refractivity contribution is 7.98. The molecule has 0 aromatic heterocycles. The molecule has 0 spiro atoms. The van der Waals surface area contributed by atoms with Gasteiger partial charge in [-0.2, -0.15) is 0 Å². The van der Waals surface area contributed by atoms with Gasteiger partial charge in [0.05, 0.1) is 14.2 Å². The lowest BCUT2D eigenvalue weighted by atomic mass is 10.2. The van der Waals surface area contributed by atoms with Crippen molar-refractivity contribution in [2.45, 2.75) is 4.90 Å². The Kier molecular flexibility index (Phi) is 6.74. The molecule has 0 fully saturated rings. The number of rotatable bonds is 6. The van der Waals surface area contributed by atoms with Crippen LogP contribution in [-0.4, -0.2) is 56.3 Å². The number of methoxy groups -OCH3 is 2. The molecule has 114 valence electrons. The summed E-state index contributed by atoms with van der Waals surface area (Å²) in [5.74, 6) is -1.64. The van der Waals surface area contributed by atoms with Crippen LogP contribution in [0.3, 0.4) is 0 Å². The van der Waals surface area contributed by atoms with Gasteiger partial charge in [-0.3, -0.25) is 14.4 Å². The summed E-state index contributed by atoms with van der Waals surface area (Å²) in [4.78, 5) is 37.2. The summed E-state index contributed by atoms with van der Waals surface area (Å²) >= 11 is 1.55. The average molecular weight is 311 g/mol. The molecule has 0 unspecified atom stereocenters. The molecule has 0 saturated carbocycles. The van der Waals surface area contributed by atoms with Crippen molar-refractivity contribution >= 4 is 29.6 Å². The molecule has 1 aromatic rings. The van der Waals surface area contributed by atoms with Gasteiger partial charge in [0.2, 0.25) is 0 Å². The van der Waals surface area contributed by atoms with Gasteiger partial charge in [0.15, 0.2) is 0 Å². The Balaban J connectivity index is 2.91. The number of thioether (sulfide) groups is 1. The van der Waals surface area contributed by atoms with E-state index in [-0.39, 0.29) is 13.1 Å². The van der Waals surface area contributed by atoms with Gasteiger partial charge in [-0.1, -0.05) is 0 Å². The molecule has 6 nitrogen and oxygen atoms in total. The van der Waals surface area contributed by atoms with Gasteiger partial charge in [0.25, 0.3) is 5.91 Å². The molecule has 1 amide bonds. The van der Waals surface area contributed by atoms with Crippen molar-refractivity contribution in [2.24, 2.45) is 0 Å². The second-order valence-electron chi connectivity index (χ2n) is 4.04. The highest BCUT2D eigenvalue weighted by Gasteiger charge is 2.22. The summed E-state index contributed by atoms with van der Waals surface area (Å²) in [5.41, 5.74) is 0.389. The second-order valence-corrected chi connectivity index (χ2v) is 4.92. The molecule has 0 bridgehead atoms. The lowest BCUT2D eigenvalue weighted by Crippen LogP contribution is -2.40. The van der Waals surface area contributed by atoms with Gasteiger partial charge >= 0.3 is 11.9 Å². The second kappa shape index (κ2) is 8.31. The Morgan fingerprint density at radius 2 is 1.48 bits per heavy atom. The van der Waals surface area contributed by atoms with Gasteiger partial charge < -0.3 is 14.4 Å². The summed E-state index contributed by atoms with van der Waals surface area (Å²) in [6.45, 7) is -0.622. The van der Waals surface area contributed by atoms with Crippen molar-refractivity contribution in [3.05, 3.63) is 29.8 Å². The lowest BCUT2D eigenvalue weighted by Gasteiger charge is -2.20. The third-order valence-electron chi connectivity index (χ3n) is 2.72. The number of nitrogens with zero attached hydrogens (tertiary/aromatic N) is 1. The largest absolute Gasteiger partial charge is 0.468 e. The number of carbonyl (C=O) groups is 3. The summed E-state index contributed by atoms with van der Waals surface area (Å²) in [7, 11) is 2.44. The Hall–Kier alpha value is -2.02. The molecular formula is C14H17NO5S. The van der Waals surface area contributed by atoms with Gasteiger partial charge in [-0.25, -0.2) is 0 Å². The van der Waals surface area contributed by atoms with E-state index in [0.717, 1.165) is 9.80 Å². The zero-order valence-corrected chi connectivity index (χ0v) is 12.9. The molecule has 0 aliphatic heterocycles. The van der Waals surface area contributed by atoms with E-state index < -0.39 is 17.8 Å². The minimum atomic E-state index is -0.604. The molecule has 0 aliphatic carbocycles. The maximum absolute atomic E-state index is 12.4. The van der Waals surface area contributed by atoms with E-state index in [1.165, 1.54) is 14.2 Å². The molecule has 7 heteroatoms. The monoisotopic (exact) mass is 311 g/mol. The van der Waals surface area contributed by atoms with Crippen molar-refractivity contribution in [3.8, 4) is 0 Å². The van der Waals surface area contributed by atoms with Gasteiger partial charge in [-0.05, 0) is 30.5 Å². The Morgan fingerprint density at radius 3 is 1.86 bits per heavy atom. The highest BCUT2D eigenvalue weighted by Crippen LogP contribution is 2.16. The topological polar surface area (TPSA) is 72.9 Å². The number of hydrogen-bond acceptors (Lipinski definition) is 6. The minimum absolute atomic E-state index is 0.311. The molecule has 21 heavy (non-hydrogen) atoms. The lowest BCUT2D eigenvalue weighted by molar-refractivity contribution is -0.144. The third kappa shape index (κ3) is 5.11. The van der Waals surface area contributed by atoms with Crippen molar-refractivity contribution in [2.75, 3.05) is 33.6 Å². The third-order valence-corrected chi connectivity index (χ3v) is 3.46. The van der Waals surface area contributed by atoms with Crippen LogP contribution in [-0.2, 0) is 19.1 Å². The van der Waals surface area contributed by atoms with Crippen LogP contribution >= 0.6 is 11.8 Å². The summed E-state index contributed by atoms with van der Waals surface area (Å²) in [6.07, 6.45) is 1.93. The summed E-state index contributed by atoms with van der Waals surface area (Å²) < 4.78 is 9.06. The fourth-order valence-electron chi connectivity index (χ4n) is 1.56. The standard InChI is InChI=1S/C14H17NO5S/c1-19-12(16)8-15(9-13(17)20-2)14(18)10-4-6-11(21-3)7-5-10/h4-7H,8-9H2,1-3H3. The van der Waals surface area contributed by atoms with Gasteiger partial charge in [0, 0.05) is 10.5 Å². The van der Waals surface area contributed by atoms with Crippen molar-refractivity contribution < 1.29 is 23.9 Å². The Labute approximate surface area is 127 Å². The van der Waals surface area contributed by atoms with E-state index in [2.05, 4.69) is 9.47 Å². The van der Waals surface area contributed by atoms with E-state index in [9.17, 15) is 14.4 Å². The fraction of sp³-hybridized carbons (Fsp3) is 0.357. The van der Waals surface area contributed by atoms with E-state index in [1.807, 2.05) is 6.26 Å². The van der Waals surface area contributed by atoms with Gasteiger partial charge in [-0.15, -0.1) is 11.8 Å². The Morgan fingerprint density at radius 1 is 1.00 bits per heavy atom. The predicted molar refractivity (Wildman–Crippen MR) is 78.2 cm³/mol. The SMILES string of the molecule is COC(=O)CN(CC(=O)OC)C(=O)c1ccc(SC)cc1. The number of amides is 1. The van der Waals surface area contributed by atoms with E-state index >= 15 is 0 Å². The van der Waals surface area contributed by atoms with Crippen molar-refractivity contribution in [1.29, 1.82) is 0 Å². The van der Waals surface area contributed by atoms with Crippen LogP contribution in [0.1, 0.15) is 10.4 Å². The van der Waals surface area contributed by atoms with E-state index in [0.29, 0.717) is 5.56 Å². The zero-order chi connectivity index (χ0) is 15.8. The number of benzene rings is 1. The quantitative estimate of drug-likeness (QED) is 0.580. The molecule has 0 heterocycles. The maximum atomic E-state index is 12.4. The first-order valence-electron chi connectivity index (χ1n) is 6.08. The van der Waals surface area contributed by atoms with Crippen LogP contribution in [0.2, 0.25) is 0 Å². The summed E-state index contributed by atoms with van der Waals surface area (Å²) in [5, 5.41) is 0. The number of ether oxygens (including phenoxy) is 2. The smallest absolute Gasteiger partial charge is 0.325 e. The van der Waals surface area contributed by atoms with Crippen LogP contribution in [0, 0.1) is 0 Å². The number of carbonyl (C=O) groups excluding carboxylic acids is 3. The van der Waals surface area contributed by atoms with Crippen LogP contribution in [0.25, 0.3) is 0 Å². The molecular weight excluding hydrogens is 294 g/mol. The van der Waals surface area contributed by atoms with Gasteiger partial charge in [0.1, 0.15) is 13.1 Å². The predicted octanol–water partition coefficient (Wildman–Crippen LogP) is 1.20. The van der Waals surface area contributed by atoms with Crippen LogP contribution in [0.15, 0.2) is 29.2 Å². The molecule has 0 saturated heterocycles. The molecule has 0 N–H and O–H groups in total. The van der Waals surface area contributed by atoms with E-state index in [1.54, 1.807) is 36.0 Å². The van der Waals surface area contributed by atoms with Crippen LogP contribution < -0.4 is 0 Å². The van der Waals surface area contributed by atoms with Crippen molar-refractivity contribution in [3.63, 3.8) is 0 Å². The molecule has 0 aliphatic rings. The first kappa shape index (κ1) is 17.0. The summed E-state index contributed by atoms with van der Waals surface area (Å²) in [6, 6.07) is 6.89. The highest BCUT2D eigenvalue weighted by atomic mass is 32.2. The fourth-order valence-corrected chi connectivity index (χ4v) is 1.96. The molecule has 1 aromatic carbocycles.